The predicted molar refractivity (Wildman–Crippen MR) is 76.0 cm³/mol. The number of hydrogen-bond acceptors (Lipinski definition) is 5. The third-order valence-electron chi connectivity index (χ3n) is 3.57. The Kier molecular flexibility index (Phi) is 5.10. The Hall–Kier alpha value is -2.15. The number of carbonyl (C=O) groups is 2. The lowest BCUT2D eigenvalue weighted by Crippen LogP contribution is -2.49. The first-order chi connectivity index (χ1) is 10.1. The summed E-state index contributed by atoms with van der Waals surface area (Å²) in [6, 6.07) is 3.17. The molecular formula is C14H19N3O4. The van der Waals surface area contributed by atoms with Gasteiger partial charge in [0.1, 0.15) is 5.56 Å². The fraction of sp³-hybridized carbons (Fsp3) is 0.500. The maximum Gasteiger partial charge on any atom is 0.306 e. The Morgan fingerprint density at radius 1 is 1.29 bits per heavy atom. The molecule has 1 aliphatic rings. The van der Waals surface area contributed by atoms with E-state index in [0.717, 1.165) is 0 Å². The highest BCUT2D eigenvalue weighted by Crippen LogP contribution is 2.06. The molecule has 1 aromatic rings. The third-order valence-corrected chi connectivity index (χ3v) is 3.57. The number of carbonyl (C=O) groups excluding carboxylic acids is 2. The Labute approximate surface area is 122 Å². The number of nitrogens with one attached hydrogen (secondary N) is 1. The first kappa shape index (κ1) is 15.2. The minimum atomic E-state index is -0.365. The second-order valence-corrected chi connectivity index (χ2v) is 4.87. The van der Waals surface area contributed by atoms with Gasteiger partial charge in [0.2, 0.25) is 0 Å². The molecule has 7 heteroatoms. The van der Waals surface area contributed by atoms with Gasteiger partial charge < -0.3 is 14.6 Å². The van der Waals surface area contributed by atoms with E-state index in [-0.39, 0.29) is 23.0 Å². The zero-order chi connectivity index (χ0) is 15.2. The Morgan fingerprint density at radius 2 is 2.00 bits per heavy atom. The van der Waals surface area contributed by atoms with Gasteiger partial charge in [0, 0.05) is 38.9 Å². The molecule has 1 N–H and O–H groups in total. The normalized spacial score (nSPS) is 15.8. The first-order valence-electron chi connectivity index (χ1n) is 6.88. The summed E-state index contributed by atoms with van der Waals surface area (Å²) in [5.74, 6) is -0.478. The summed E-state index contributed by atoms with van der Waals surface area (Å²) < 4.78 is 4.60. The largest absolute Gasteiger partial charge is 0.469 e. The van der Waals surface area contributed by atoms with Crippen molar-refractivity contribution < 1.29 is 14.3 Å². The van der Waals surface area contributed by atoms with E-state index in [1.807, 2.05) is 0 Å². The number of hydrogen-bond donors (Lipinski definition) is 1. The lowest BCUT2D eigenvalue weighted by atomic mass is 10.2. The fourth-order valence-corrected chi connectivity index (χ4v) is 2.29. The number of rotatable bonds is 4. The molecule has 0 aromatic carbocycles. The summed E-state index contributed by atoms with van der Waals surface area (Å²) in [6.45, 7) is 3.10. The van der Waals surface area contributed by atoms with Gasteiger partial charge in [-0.2, -0.15) is 0 Å². The van der Waals surface area contributed by atoms with Gasteiger partial charge in [-0.05, 0) is 12.1 Å². The third kappa shape index (κ3) is 3.91. The summed E-state index contributed by atoms with van der Waals surface area (Å²) in [5, 5.41) is 0. The van der Waals surface area contributed by atoms with Crippen molar-refractivity contribution in [3.63, 3.8) is 0 Å². The van der Waals surface area contributed by atoms with E-state index in [4.69, 9.17) is 0 Å². The van der Waals surface area contributed by atoms with Crippen LogP contribution in [0.25, 0.3) is 0 Å². The number of esters is 1. The standard InChI is InChI=1S/C14H19N3O4/c1-21-12(18)4-6-16-7-9-17(10-8-16)14(20)11-3-2-5-15-13(11)19/h2-3,5H,4,6-10H2,1H3,(H,15,19). The molecule has 0 saturated carbocycles. The minimum Gasteiger partial charge on any atom is -0.469 e. The zero-order valence-corrected chi connectivity index (χ0v) is 12.0. The molecule has 1 saturated heterocycles. The van der Waals surface area contributed by atoms with Crippen LogP contribution in [0.3, 0.4) is 0 Å². The van der Waals surface area contributed by atoms with Crippen molar-refractivity contribution in [3.05, 3.63) is 34.2 Å². The smallest absolute Gasteiger partial charge is 0.306 e. The van der Waals surface area contributed by atoms with Crippen molar-refractivity contribution in [1.29, 1.82) is 0 Å². The molecule has 2 rings (SSSR count). The second-order valence-electron chi connectivity index (χ2n) is 4.87. The molecule has 21 heavy (non-hydrogen) atoms. The van der Waals surface area contributed by atoms with Gasteiger partial charge in [-0.1, -0.05) is 0 Å². The minimum absolute atomic E-state index is 0.167. The summed E-state index contributed by atoms with van der Waals surface area (Å²) in [5.41, 5.74) is -0.198. The number of nitrogens with zero attached hydrogens (tertiary/aromatic N) is 2. The van der Waals surface area contributed by atoms with Crippen LogP contribution >= 0.6 is 0 Å². The van der Waals surface area contributed by atoms with Crippen molar-refractivity contribution in [3.8, 4) is 0 Å². The molecule has 2 heterocycles. The maximum absolute atomic E-state index is 12.3. The number of ether oxygens (including phenoxy) is 1. The van der Waals surface area contributed by atoms with E-state index in [0.29, 0.717) is 39.1 Å². The van der Waals surface area contributed by atoms with E-state index in [2.05, 4.69) is 14.6 Å². The first-order valence-corrected chi connectivity index (χ1v) is 6.88. The molecule has 7 nitrogen and oxygen atoms in total. The van der Waals surface area contributed by atoms with E-state index < -0.39 is 0 Å². The van der Waals surface area contributed by atoms with Gasteiger partial charge in [0.15, 0.2) is 0 Å². The molecule has 0 aliphatic carbocycles. The molecule has 1 amide bonds. The SMILES string of the molecule is COC(=O)CCN1CCN(C(=O)c2ccc[nH]c2=O)CC1. The van der Waals surface area contributed by atoms with Gasteiger partial charge >= 0.3 is 5.97 Å². The monoisotopic (exact) mass is 293 g/mol. The Bertz CT molecular complexity index is 561. The number of H-pyrrole nitrogens is 1. The van der Waals surface area contributed by atoms with E-state index in [9.17, 15) is 14.4 Å². The zero-order valence-electron chi connectivity index (χ0n) is 12.0. The summed E-state index contributed by atoms with van der Waals surface area (Å²) in [4.78, 5) is 41.2. The van der Waals surface area contributed by atoms with Crippen LogP contribution in [0.4, 0.5) is 0 Å². The van der Waals surface area contributed by atoms with E-state index in [1.165, 1.54) is 19.4 Å². The van der Waals surface area contributed by atoms with Crippen LogP contribution in [0.15, 0.2) is 23.1 Å². The number of amides is 1. The molecule has 0 spiro atoms. The lowest BCUT2D eigenvalue weighted by molar-refractivity contribution is -0.141. The average Bonchev–Trinajstić information content (AvgIpc) is 2.53. The van der Waals surface area contributed by atoms with Gasteiger partial charge in [-0.25, -0.2) is 0 Å². The summed E-state index contributed by atoms with van der Waals surface area (Å²) in [7, 11) is 1.37. The van der Waals surface area contributed by atoms with Gasteiger partial charge in [-0.15, -0.1) is 0 Å². The van der Waals surface area contributed by atoms with Crippen LogP contribution in [0.5, 0.6) is 0 Å². The molecule has 1 aliphatic heterocycles. The highest BCUT2D eigenvalue weighted by atomic mass is 16.5. The Morgan fingerprint density at radius 3 is 2.62 bits per heavy atom. The predicted octanol–water partition coefficient (Wildman–Crippen LogP) is -0.304. The van der Waals surface area contributed by atoms with Crippen molar-refractivity contribution >= 4 is 11.9 Å². The highest BCUT2D eigenvalue weighted by molar-refractivity contribution is 5.93. The van der Waals surface area contributed by atoms with Crippen LogP contribution in [-0.4, -0.2) is 66.5 Å². The van der Waals surface area contributed by atoms with Crippen molar-refractivity contribution in [1.82, 2.24) is 14.8 Å². The molecule has 0 bridgehead atoms. The van der Waals surface area contributed by atoms with Crippen LogP contribution in [0.1, 0.15) is 16.8 Å². The van der Waals surface area contributed by atoms with Crippen molar-refractivity contribution in [2.75, 3.05) is 39.8 Å². The second kappa shape index (κ2) is 7.03. The van der Waals surface area contributed by atoms with E-state index >= 15 is 0 Å². The number of piperazine rings is 1. The van der Waals surface area contributed by atoms with Crippen LogP contribution in [0.2, 0.25) is 0 Å². The summed E-state index contributed by atoms with van der Waals surface area (Å²) >= 11 is 0. The highest BCUT2D eigenvalue weighted by Gasteiger charge is 2.23. The lowest BCUT2D eigenvalue weighted by Gasteiger charge is -2.34. The molecular weight excluding hydrogens is 274 g/mol. The average molecular weight is 293 g/mol. The van der Waals surface area contributed by atoms with Crippen molar-refractivity contribution in [2.24, 2.45) is 0 Å². The summed E-state index contributed by atoms with van der Waals surface area (Å²) in [6.07, 6.45) is 1.85. The molecule has 1 fully saturated rings. The van der Waals surface area contributed by atoms with Crippen LogP contribution in [0, 0.1) is 0 Å². The number of methoxy groups -OCH3 is 1. The quantitative estimate of drug-likeness (QED) is 0.770. The molecule has 114 valence electrons. The van der Waals surface area contributed by atoms with Crippen LogP contribution < -0.4 is 5.56 Å². The van der Waals surface area contributed by atoms with Gasteiger partial charge in [-0.3, -0.25) is 19.3 Å². The molecule has 0 atom stereocenters. The Balaban J connectivity index is 1.86. The van der Waals surface area contributed by atoms with Crippen LogP contribution in [-0.2, 0) is 9.53 Å². The van der Waals surface area contributed by atoms with Crippen molar-refractivity contribution in [2.45, 2.75) is 6.42 Å². The topological polar surface area (TPSA) is 82.7 Å². The molecule has 0 radical (unpaired) electrons. The molecule has 1 aromatic heterocycles. The van der Waals surface area contributed by atoms with E-state index in [1.54, 1.807) is 11.0 Å². The van der Waals surface area contributed by atoms with Gasteiger partial charge in [0.25, 0.3) is 11.5 Å². The number of aromatic nitrogens is 1. The molecule has 0 unspecified atom stereocenters. The number of pyridine rings is 1. The maximum atomic E-state index is 12.3. The fourth-order valence-electron chi connectivity index (χ4n) is 2.29. The number of aromatic amines is 1. The van der Waals surface area contributed by atoms with Gasteiger partial charge in [0.05, 0.1) is 13.5 Å².